The molecule has 0 saturated heterocycles. The summed E-state index contributed by atoms with van der Waals surface area (Å²) in [4.78, 5) is 10.2. The van der Waals surface area contributed by atoms with Gasteiger partial charge in [-0.15, -0.1) is 0 Å². The third-order valence-corrected chi connectivity index (χ3v) is 3.06. The maximum atomic E-state index is 10.6. The summed E-state index contributed by atoms with van der Waals surface area (Å²) >= 11 is 3.37. The Bertz CT molecular complexity index is 393. The Morgan fingerprint density at radius 2 is 2.29 bits per heavy atom. The van der Waals surface area contributed by atoms with Crippen molar-refractivity contribution in [2.24, 2.45) is 0 Å². The van der Waals surface area contributed by atoms with Gasteiger partial charge in [-0.3, -0.25) is 10.1 Å². The SMILES string of the molecule is O=[N+]([O-])c1cc(Br)c2c(c1)CNCC2. The van der Waals surface area contributed by atoms with E-state index in [0.717, 1.165) is 29.5 Å². The largest absolute Gasteiger partial charge is 0.312 e. The molecule has 1 aromatic carbocycles. The third kappa shape index (κ3) is 1.65. The summed E-state index contributed by atoms with van der Waals surface area (Å²) in [6.07, 6.45) is 0.925. The number of halogens is 1. The van der Waals surface area contributed by atoms with E-state index in [1.807, 2.05) is 0 Å². The Kier molecular flexibility index (Phi) is 2.52. The van der Waals surface area contributed by atoms with Gasteiger partial charge in [-0.2, -0.15) is 0 Å². The maximum absolute atomic E-state index is 10.6. The van der Waals surface area contributed by atoms with Gasteiger partial charge in [0, 0.05) is 23.2 Å². The molecule has 2 rings (SSSR count). The first kappa shape index (κ1) is 9.61. The summed E-state index contributed by atoms with van der Waals surface area (Å²) in [6.45, 7) is 1.65. The molecule has 0 bridgehead atoms. The van der Waals surface area contributed by atoms with E-state index in [4.69, 9.17) is 0 Å². The molecule has 0 unspecified atom stereocenters. The Morgan fingerprint density at radius 3 is 3.00 bits per heavy atom. The minimum Gasteiger partial charge on any atom is -0.312 e. The van der Waals surface area contributed by atoms with E-state index in [2.05, 4.69) is 21.2 Å². The summed E-state index contributed by atoms with van der Waals surface area (Å²) < 4.78 is 0.850. The van der Waals surface area contributed by atoms with Crippen molar-refractivity contribution in [3.63, 3.8) is 0 Å². The van der Waals surface area contributed by atoms with Gasteiger partial charge in [0.1, 0.15) is 0 Å². The molecule has 0 aromatic heterocycles. The lowest BCUT2D eigenvalue weighted by molar-refractivity contribution is -0.385. The van der Waals surface area contributed by atoms with E-state index < -0.39 is 0 Å². The van der Waals surface area contributed by atoms with Gasteiger partial charge in [0.15, 0.2) is 0 Å². The monoisotopic (exact) mass is 256 g/mol. The number of rotatable bonds is 1. The molecule has 14 heavy (non-hydrogen) atoms. The molecule has 0 atom stereocenters. The zero-order valence-corrected chi connectivity index (χ0v) is 9.00. The number of hydrogen-bond acceptors (Lipinski definition) is 3. The normalized spacial score (nSPS) is 14.9. The summed E-state index contributed by atoms with van der Waals surface area (Å²) in [5, 5.41) is 13.8. The lowest BCUT2D eigenvalue weighted by Gasteiger charge is -2.17. The Hall–Kier alpha value is -0.940. The highest BCUT2D eigenvalue weighted by Crippen LogP contribution is 2.28. The first-order chi connectivity index (χ1) is 6.68. The molecule has 5 heteroatoms. The van der Waals surface area contributed by atoms with Crippen molar-refractivity contribution in [3.8, 4) is 0 Å². The van der Waals surface area contributed by atoms with Crippen molar-refractivity contribution < 1.29 is 4.92 Å². The van der Waals surface area contributed by atoms with Gasteiger partial charge in [-0.25, -0.2) is 0 Å². The van der Waals surface area contributed by atoms with Gasteiger partial charge in [0.2, 0.25) is 0 Å². The predicted molar refractivity (Wildman–Crippen MR) is 56.2 cm³/mol. The van der Waals surface area contributed by atoms with E-state index in [9.17, 15) is 10.1 Å². The highest BCUT2D eigenvalue weighted by molar-refractivity contribution is 9.10. The molecule has 74 valence electrons. The molecular formula is C9H9BrN2O2. The molecule has 0 spiro atoms. The highest BCUT2D eigenvalue weighted by atomic mass is 79.9. The first-order valence-electron chi connectivity index (χ1n) is 4.35. The number of nitrogens with one attached hydrogen (secondary N) is 1. The maximum Gasteiger partial charge on any atom is 0.270 e. The standard InChI is InChI=1S/C9H9BrN2O2/c10-9-4-7(12(13)14)3-6-5-11-2-1-8(6)9/h3-4,11H,1-2,5H2. The fraction of sp³-hybridized carbons (Fsp3) is 0.333. The second-order valence-corrected chi connectivity index (χ2v) is 4.10. The summed E-state index contributed by atoms with van der Waals surface area (Å²) in [5.74, 6) is 0. The number of hydrogen-bond donors (Lipinski definition) is 1. The van der Waals surface area contributed by atoms with Crippen LogP contribution in [0.25, 0.3) is 0 Å². The van der Waals surface area contributed by atoms with Crippen LogP contribution in [0.1, 0.15) is 11.1 Å². The molecule has 1 N–H and O–H groups in total. The van der Waals surface area contributed by atoms with E-state index >= 15 is 0 Å². The number of nitro groups is 1. The zero-order valence-electron chi connectivity index (χ0n) is 7.42. The van der Waals surface area contributed by atoms with Crippen LogP contribution in [0.2, 0.25) is 0 Å². The van der Waals surface area contributed by atoms with Crippen LogP contribution in [-0.2, 0) is 13.0 Å². The predicted octanol–water partition coefficient (Wildman–Crippen LogP) is 2.00. The number of fused-ring (bicyclic) bond motifs is 1. The highest BCUT2D eigenvalue weighted by Gasteiger charge is 2.17. The Morgan fingerprint density at radius 1 is 1.50 bits per heavy atom. The number of nitrogens with zero attached hydrogens (tertiary/aromatic N) is 1. The van der Waals surface area contributed by atoms with Crippen LogP contribution in [0, 0.1) is 10.1 Å². The fourth-order valence-corrected chi connectivity index (χ4v) is 2.34. The smallest absolute Gasteiger partial charge is 0.270 e. The Balaban J connectivity index is 2.51. The van der Waals surface area contributed by atoms with Crippen molar-refractivity contribution in [1.29, 1.82) is 0 Å². The molecule has 1 aliphatic rings. The lowest BCUT2D eigenvalue weighted by Crippen LogP contribution is -2.24. The molecule has 0 radical (unpaired) electrons. The van der Waals surface area contributed by atoms with Crippen molar-refractivity contribution >= 4 is 21.6 Å². The second kappa shape index (κ2) is 3.67. The van der Waals surface area contributed by atoms with Gasteiger partial charge < -0.3 is 5.32 Å². The topological polar surface area (TPSA) is 55.2 Å². The van der Waals surface area contributed by atoms with Crippen LogP contribution in [0.5, 0.6) is 0 Å². The summed E-state index contributed by atoms with van der Waals surface area (Å²) in [5.41, 5.74) is 2.37. The average Bonchev–Trinajstić information content (AvgIpc) is 2.17. The van der Waals surface area contributed by atoms with Crippen LogP contribution in [0.4, 0.5) is 5.69 Å². The quantitative estimate of drug-likeness (QED) is 0.618. The van der Waals surface area contributed by atoms with Crippen molar-refractivity contribution in [2.45, 2.75) is 13.0 Å². The molecule has 1 aliphatic heterocycles. The number of non-ortho nitro benzene ring substituents is 1. The van der Waals surface area contributed by atoms with E-state index in [0.29, 0.717) is 0 Å². The second-order valence-electron chi connectivity index (χ2n) is 3.25. The molecule has 1 aromatic rings. The van der Waals surface area contributed by atoms with Crippen LogP contribution >= 0.6 is 15.9 Å². The van der Waals surface area contributed by atoms with Gasteiger partial charge in [0.25, 0.3) is 5.69 Å². The average molecular weight is 257 g/mol. The van der Waals surface area contributed by atoms with Gasteiger partial charge in [0.05, 0.1) is 4.92 Å². The van der Waals surface area contributed by atoms with Crippen molar-refractivity contribution in [2.75, 3.05) is 6.54 Å². The molecular weight excluding hydrogens is 248 g/mol. The van der Waals surface area contributed by atoms with E-state index in [1.165, 1.54) is 5.56 Å². The van der Waals surface area contributed by atoms with Crippen LogP contribution in [-0.4, -0.2) is 11.5 Å². The Labute approximate surface area is 89.6 Å². The number of nitro benzene ring substituents is 1. The number of benzene rings is 1. The fourth-order valence-electron chi connectivity index (χ4n) is 1.66. The van der Waals surface area contributed by atoms with Crippen molar-refractivity contribution in [3.05, 3.63) is 37.8 Å². The van der Waals surface area contributed by atoms with Crippen molar-refractivity contribution in [1.82, 2.24) is 5.32 Å². The summed E-state index contributed by atoms with van der Waals surface area (Å²) in [7, 11) is 0. The molecule has 0 saturated carbocycles. The molecule has 0 aliphatic carbocycles. The van der Waals surface area contributed by atoms with Gasteiger partial charge >= 0.3 is 0 Å². The van der Waals surface area contributed by atoms with Crippen LogP contribution in [0.3, 0.4) is 0 Å². The molecule has 4 nitrogen and oxygen atoms in total. The van der Waals surface area contributed by atoms with Gasteiger partial charge in [-0.05, 0) is 24.1 Å². The van der Waals surface area contributed by atoms with Crippen LogP contribution < -0.4 is 5.32 Å². The minimum absolute atomic E-state index is 0.152. The zero-order chi connectivity index (χ0) is 10.1. The molecule has 0 fully saturated rings. The van der Waals surface area contributed by atoms with E-state index in [-0.39, 0.29) is 10.6 Å². The molecule has 0 amide bonds. The lowest BCUT2D eigenvalue weighted by atomic mass is 10.0. The third-order valence-electron chi connectivity index (χ3n) is 2.35. The summed E-state index contributed by atoms with van der Waals surface area (Å²) in [6, 6.07) is 3.22. The van der Waals surface area contributed by atoms with E-state index in [1.54, 1.807) is 12.1 Å². The molecule has 1 heterocycles. The minimum atomic E-state index is -0.361. The van der Waals surface area contributed by atoms with Crippen LogP contribution in [0.15, 0.2) is 16.6 Å². The first-order valence-corrected chi connectivity index (χ1v) is 5.14. The van der Waals surface area contributed by atoms with Gasteiger partial charge in [-0.1, -0.05) is 15.9 Å².